The van der Waals surface area contributed by atoms with Gasteiger partial charge in [-0.15, -0.1) is 0 Å². The van der Waals surface area contributed by atoms with Gasteiger partial charge in [0.2, 0.25) is 0 Å². The lowest BCUT2D eigenvalue weighted by Gasteiger charge is -2.28. The van der Waals surface area contributed by atoms with Crippen molar-refractivity contribution in [3.05, 3.63) is 30.3 Å². The summed E-state index contributed by atoms with van der Waals surface area (Å²) in [7, 11) is -2.67. The van der Waals surface area contributed by atoms with E-state index in [0.29, 0.717) is 19.8 Å². The van der Waals surface area contributed by atoms with Crippen LogP contribution in [0.25, 0.3) is 0 Å². The minimum absolute atomic E-state index is 0.598. The first-order valence-corrected chi connectivity index (χ1v) is 9.10. The molecule has 0 radical (unpaired) electrons. The molecular formula is C15H29NO3Si. The molecule has 0 atom stereocenters. The van der Waals surface area contributed by atoms with Gasteiger partial charge < -0.3 is 19.0 Å². The molecule has 1 aromatic carbocycles. The molecule has 0 aliphatic heterocycles. The van der Waals surface area contributed by atoms with Gasteiger partial charge in [0.25, 0.3) is 0 Å². The Morgan fingerprint density at radius 1 is 0.850 bits per heavy atom. The number of hydrogen-bond donors (Lipinski definition) is 1. The smallest absolute Gasteiger partial charge is 0.370 e. The fourth-order valence-electron chi connectivity index (χ4n) is 1.59. The van der Waals surface area contributed by atoms with Gasteiger partial charge in [0.1, 0.15) is 0 Å². The standard InChI is InChI=1S/C12H20O3Si.C3H9N/c1-4-13-16(14-5-2,15-6-3)12-10-8-7-9-11-12;1-2-3-4/h7-11H,4-6H2,1-3H3;2-4H2,1H3. The average molecular weight is 299 g/mol. The second-order valence-corrected chi connectivity index (χ2v) is 6.57. The van der Waals surface area contributed by atoms with E-state index in [-0.39, 0.29) is 0 Å². The van der Waals surface area contributed by atoms with Crippen molar-refractivity contribution in [2.75, 3.05) is 26.4 Å². The molecule has 20 heavy (non-hydrogen) atoms. The first kappa shape index (κ1) is 19.3. The van der Waals surface area contributed by atoms with E-state index in [4.69, 9.17) is 19.0 Å². The summed E-state index contributed by atoms with van der Waals surface area (Å²) in [4.78, 5) is 0. The summed E-state index contributed by atoms with van der Waals surface area (Å²) in [5.74, 6) is 0. The molecule has 1 aromatic rings. The fraction of sp³-hybridized carbons (Fsp3) is 0.600. The van der Waals surface area contributed by atoms with Crippen LogP contribution < -0.4 is 10.9 Å². The van der Waals surface area contributed by atoms with Crippen molar-refractivity contribution < 1.29 is 13.3 Å². The van der Waals surface area contributed by atoms with Crippen LogP contribution in [-0.2, 0) is 13.3 Å². The molecule has 1 rings (SSSR count). The maximum absolute atomic E-state index is 5.79. The van der Waals surface area contributed by atoms with Gasteiger partial charge in [-0.25, -0.2) is 0 Å². The minimum atomic E-state index is -2.67. The van der Waals surface area contributed by atoms with Gasteiger partial charge >= 0.3 is 8.80 Å². The summed E-state index contributed by atoms with van der Waals surface area (Å²) in [5, 5.41) is 1.03. The van der Waals surface area contributed by atoms with Crippen molar-refractivity contribution in [1.82, 2.24) is 0 Å². The Balaban J connectivity index is 0.000000796. The highest BCUT2D eigenvalue weighted by Crippen LogP contribution is 2.10. The zero-order valence-electron chi connectivity index (χ0n) is 13.2. The molecule has 0 aromatic heterocycles. The molecule has 0 heterocycles. The van der Waals surface area contributed by atoms with Gasteiger partial charge in [-0.05, 0) is 33.7 Å². The van der Waals surface area contributed by atoms with Gasteiger partial charge in [-0.3, -0.25) is 0 Å². The zero-order chi connectivity index (χ0) is 15.3. The first-order chi connectivity index (χ1) is 9.70. The second-order valence-electron chi connectivity index (χ2n) is 4.01. The molecular weight excluding hydrogens is 270 g/mol. The summed E-state index contributed by atoms with van der Waals surface area (Å²) in [6.07, 6.45) is 1.10. The van der Waals surface area contributed by atoms with Crippen LogP contribution in [-0.4, -0.2) is 35.2 Å². The molecule has 0 fully saturated rings. The third kappa shape index (κ3) is 6.63. The van der Waals surface area contributed by atoms with Crippen LogP contribution in [0.3, 0.4) is 0 Å². The molecule has 2 N–H and O–H groups in total. The molecule has 0 saturated heterocycles. The Labute approximate surface area is 124 Å². The SMILES string of the molecule is CCCN.CCO[Si](OCC)(OCC)c1ccccc1. The van der Waals surface area contributed by atoms with Crippen LogP contribution >= 0.6 is 0 Å². The van der Waals surface area contributed by atoms with E-state index in [1.165, 1.54) is 0 Å². The van der Waals surface area contributed by atoms with E-state index < -0.39 is 8.80 Å². The molecule has 0 aliphatic rings. The highest BCUT2D eigenvalue weighted by molar-refractivity contribution is 6.75. The van der Waals surface area contributed by atoms with Gasteiger partial charge in [0.15, 0.2) is 0 Å². The maximum atomic E-state index is 5.79. The molecule has 0 aliphatic carbocycles. The van der Waals surface area contributed by atoms with E-state index in [1.807, 2.05) is 51.1 Å². The molecule has 0 unspecified atom stereocenters. The molecule has 0 bridgehead atoms. The second kappa shape index (κ2) is 12.1. The third-order valence-electron chi connectivity index (χ3n) is 2.42. The largest absolute Gasteiger partial charge is 0.537 e. The van der Waals surface area contributed by atoms with E-state index in [1.54, 1.807) is 0 Å². The van der Waals surface area contributed by atoms with Crippen LogP contribution in [0, 0.1) is 0 Å². The van der Waals surface area contributed by atoms with Gasteiger partial charge in [0, 0.05) is 25.0 Å². The Kier molecular flexibility index (Phi) is 11.6. The maximum Gasteiger partial charge on any atom is 0.537 e. The summed E-state index contributed by atoms with van der Waals surface area (Å²) in [6, 6.07) is 9.95. The average Bonchev–Trinajstić information content (AvgIpc) is 2.49. The van der Waals surface area contributed by atoms with Gasteiger partial charge in [-0.1, -0.05) is 37.3 Å². The Morgan fingerprint density at radius 2 is 1.25 bits per heavy atom. The van der Waals surface area contributed by atoms with Gasteiger partial charge in [0.05, 0.1) is 0 Å². The van der Waals surface area contributed by atoms with Crippen LogP contribution in [0.15, 0.2) is 30.3 Å². The van der Waals surface area contributed by atoms with Crippen LogP contribution in [0.4, 0.5) is 0 Å². The van der Waals surface area contributed by atoms with Crippen LogP contribution in [0.5, 0.6) is 0 Å². The molecule has 0 saturated carbocycles. The molecule has 5 heteroatoms. The predicted octanol–water partition coefficient (Wildman–Crippen LogP) is 2.30. The lowest BCUT2D eigenvalue weighted by Crippen LogP contribution is -2.56. The van der Waals surface area contributed by atoms with Crippen LogP contribution in [0.1, 0.15) is 34.1 Å². The minimum Gasteiger partial charge on any atom is -0.370 e. The number of benzene rings is 1. The number of rotatable bonds is 8. The number of nitrogens with two attached hydrogens (primary N) is 1. The summed E-state index contributed by atoms with van der Waals surface area (Å²) < 4.78 is 17.4. The lowest BCUT2D eigenvalue weighted by atomic mass is 10.4. The quantitative estimate of drug-likeness (QED) is 0.748. The predicted molar refractivity (Wildman–Crippen MR) is 86.1 cm³/mol. The molecule has 0 amide bonds. The van der Waals surface area contributed by atoms with E-state index in [9.17, 15) is 0 Å². The monoisotopic (exact) mass is 299 g/mol. The van der Waals surface area contributed by atoms with Crippen molar-refractivity contribution in [2.24, 2.45) is 5.73 Å². The van der Waals surface area contributed by atoms with E-state index in [2.05, 4.69) is 6.92 Å². The highest BCUT2D eigenvalue weighted by Gasteiger charge is 2.42. The first-order valence-electron chi connectivity index (χ1n) is 7.38. The Morgan fingerprint density at radius 3 is 1.55 bits per heavy atom. The normalized spacial score (nSPS) is 10.8. The molecule has 0 spiro atoms. The van der Waals surface area contributed by atoms with E-state index in [0.717, 1.165) is 18.2 Å². The van der Waals surface area contributed by atoms with Crippen molar-refractivity contribution in [2.45, 2.75) is 34.1 Å². The van der Waals surface area contributed by atoms with Crippen molar-refractivity contribution in [1.29, 1.82) is 0 Å². The third-order valence-corrected chi connectivity index (χ3v) is 5.47. The molecule has 116 valence electrons. The summed E-state index contributed by atoms with van der Waals surface area (Å²) in [5.41, 5.74) is 5.03. The van der Waals surface area contributed by atoms with Crippen molar-refractivity contribution in [3.63, 3.8) is 0 Å². The lowest BCUT2D eigenvalue weighted by molar-refractivity contribution is 0.0859. The zero-order valence-corrected chi connectivity index (χ0v) is 14.2. The Hall–Kier alpha value is -0.723. The summed E-state index contributed by atoms with van der Waals surface area (Å²) in [6.45, 7) is 10.6. The number of hydrogen-bond acceptors (Lipinski definition) is 4. The topological polar surface area (TPSA) is 53.7 Å². The fourth-order valence-corrected chi connectivity index (χ4v) is 4.08. The van der Waals surface area contributed by atoms with Crippen LogP contribution in [0.2, 0.25) is 0 Å². The Bertz CT molecular complexity index is 303. The van der Waals surface area contributed by atoms with Crippen molar-refractivity contribution >= 4 is 14.0 Å². The summed E-state index contributed by atoms with van der Waals surface area (Å²) >= 11 is 0. The van der Waals surface area contributed by atoms with E-state index >= 15 is 0 Å². The highest BCUT2D eigenvalue weighted by atomic mass is 28.4. The molecule has 4 nitrogen and oxygen atoms in total. The van der Waals surface area contributed by atoms with Gasteiger partial charge in [-0.2, -0.15) is 0 Å². The van der Waals surface area contributed by atoms with Crippen molar-refractivity contribution in [3.8, 4) is 0 Å².